The highest BCUT2D eigenvalue weighted by molar-refractivity contribution is 7.10. The fourth-order valence-corrected chi connectivity index (χ4v) is 4.52. The van der Waals surface area contributed by atoms with Crippen molar-refractivity contribution in [2.45, 2.75) is 51.6 Å². The summed E-state index contributed by atoms with van der Waals surface area (Å²) in [6.45, 7) is 6.24. The van der Waals surface area contributed by atoms with Crippen molar-refractivity contribution in [1.29, 1.82) is 0 Å². The Balaban J connectivity index is 1.50. The first-order chi connectivity index (χ1) is 11.7. The molecule has 2 aliphatic rings. The highest BCUT2D eigenvalue weighted by Crippen LogP contribution is 2.24. The van der Waals surface area contributed by atoms with E-state index in [-0.39, 0.29) is 11.8 Å². The molecule has 2 amide bonds. The van der Waals surface area contributed by atoms with E-state index in [1.807, 2.05) is 9.80 Å². The van der Waals surface area contributed by atoms with Crippen molar-refractivity contribution >= 4 is 23.2 Å². The number of carbonyl (C=O) groups is 2. The lowest BCUT2D eigenvalue weighted by Crippen LogP contribution is -2.42. The molecule has 1 N–H and O–H groups in total. The van der Waals surface area contributed by atoms with Crippen molar-refractivity contribution < 1.29 is 9.59 Å². The molecule has 2 aliphatic heterocycles. The minimum atomic E-state index is 0.112. The van der Waals surface area contributed by atoms with Crippen LogP contribution in [0.4, 0.5) is 0 Å². The number of hydrogen-bond acceptors (Lipinski definition) is 4. The van der Waals surface area contributed by atoms with Crippen molar-refractivity contribution in [3.63, 3.8) is 0 Å². The molecule has 1 atom stereocenters. The van der Waals surface area contributed by atoms with Crippen molar-refractivity contribution in [3.05, 3.63) is 21.9 Å². The Labute approximate surface area is 148 Å². The molecule has 3 heterocycles. The summed E-state index contributed by atoms with van der Waals surface area (Å²) in [5.41, 5.74) is 1.27. The molecule has 1 unspecified atom stereocenters. The Hall–Kier alpha value is -1.40. The Kier molecular flexibility index (Phi) is 5.89. The van der Waals surface area contributed by atoms with Gasteiger partial charge in [-0.15, -0.1) is 11.3 Å². The molecule has 0 bridgehead atoms. The van der Waals surface area contributed by atoms with Crippen LogP contribution in [0.15, 0.2) is 11.4 Å². The van der Waals surface area contributed by atoms with Crippen LogP contribution in [-0.2, 0) is 22.6 Å². The van der Waals surface area contributed by atoms with Crippen molar-refractivity contribution in [2.24, 2.45) is 0 Å². The zero-order valence-corrected chi connectivity index (χ0v) is 15.2. The van der Waals surface area contributed by atoms with E-state index in [1.165, 1.54) is 10.4 Å². The normalized spacial score (nSPS) is 20.0. The predicted molar refractivity (Wildman–Crippen MR) is 96.0 cm³/mol. The second-order valence-electron chi connectivity index (χ2n) is 6.67. The lowest BCUT2D eigenvalue weighted by Gasteiger charge is -2.29. The smallest absolute Gasteiger partial charge is 0.223 e. The summed E-state index contributed by atoms with van der Waals surface area (Å²) in [4.78, 5) is 30.4. The summed E-state index contributed by atoms with van der Waals surface area (Å²) in [6.07, 6.45) is 3.60. The molecule has 5 nitrogen and oxygen atoms in total. The summed E-state index contributed by atoms with van der Waals surface area (Å²) in [5.74, 6) is 0.244. The van der Waals surface area contributed by atoms with E-state index in [2.05, 4.69) is 23.7 Å². The second-order valence-corrected chi connectivity index (χ2v) is 7.67. The van der Waals surface area contributed by atoms with Gasteiger partial charge in [0.25, 0.3) is 0 Å². The van der Waals surface area contributed by atoms with Crippen LogP contribution in [0.5, 0.6) is 0 Å². The van der Waals surface area contributed by atoms with Crippen LogP contribution in [0, 0.1) is 0 Å². The SMILES string of the molecule is CCCN(C(=O)CCC(=O)N1CCc2sccc2C1)C1CCNC1. The highest BCUT2D eigenvalue weighted by Gasteiger charge is 2.27. The highest BCUT2D eigenvalue weighted by atomic mass is 32.1. The van der Waals surface area contributed by atoms with Crippen LogP contribution in [0.1, 0.15) is 43.0 Å². The lowest BCUT2D eigenvalue weighted by molar-refractivity contribution is -0.138. The van der Waals surface area contributed by atoms with Crippen molar-refractivity contribution in [2.75, 3.05) is 26.2 Å². The first kappa shape index (κ1) is 17.4. The molecule has 1 fully saturated rings. The molecule has 0 aliphatic carbocycles. The van der Waals surface area contributed by atoms with E-state index in [0.717, 1.165) is 45.4 Å². The average Bonchev–Trinajstić information content (AvgIpc) is 3.27. The van der Waals surface area contributed by atoms with Crippen LogP contribution < -0.4 is 5.32 Å². The summed E-state index contributed by atoms with van der Waals surface area (Å²) < 4.78 is 0. The van der Waals surface area contributed by atoms with E-state index in [4.69, 9.17) is 0 Å². The summed E-state index contributed by atoms with van der Waals surface area (Å²) >= 11 is 1.78. The summed E-state index contributed by atoms with van der Waals surface area (Å²) in [6, 6.07) is 2.41. The molecule has 132 valence electrons. The Morgan fingerprint density at radius 2 is 2.29 bits per heavy atom. The summed E-state index contributed by atoms with van der Waals surface area (Å²) in [7, 11) is 0. The standard InChI is InChI=1S/C18H27N3O2S/c1-2-9-21(15-5-8-19-12-15)18(23)4-3-17(22)20-10-6-16-14(13-20)7-11-24-16/h7,11,15,19H,2-6,8-10,12-13H2,1H3. The Bertz CT molecular complexity index is 581. The zero-order valence-electron chi connectivity index (χ0n) is 14.4. The zero-order chi connectivity index (χ0) is 16.9. The molecule has 6 heteroatoms. The maximum Gasteiger partial charge on any atom is 0.223 e. The number of hydrogen-bond donors (Lipinski definition) is 1. The summed E-state index contributed by atoms with van der Waals surface area (Å²) in [5, 5.41) is 5.42. The molecule has 1 aromatic rings. The van der Waals surface area contributed by atoms with Crippen LogP contribution in [-0.4, -0.2) is 53.8 Å². The van der Waals surface area contributed by atoms with E-state index in [1.54, 1.807) is 11.3 Å². The number of carbonyl (C=O) groups excluding carboxylic acids is 2. The maximum absolute atomic E-state index is 12.6. The van der Waals surface area contributed by atoms with Gasteiger partial charge in [-0.3, -0.25) is 9.59 Å². The van der Waals surface area contributed by atoms with Gasteiger partial charge in [0, 0.05) is 49.9 Å². The van der Waals surface area contributed by atoms with Gasteiger partial charge in [0.15, 0.2) is 0 Å². The second kappa shape index (κ2) is 8.12. The van der Waals surface area contributed by atoms with Gasteiger partial charge in [0.2, 0.25) is 11.8 Å². The van der Waals surface area contributed by atoms with E-state index in [0.29, 0.717) is 25.4 Å². The Morgan fingerprint density at radius 3 is 3.04 bits per heavy atom. The minimum absolute atomic E-state index is 0.112. The first-order valence-electron chi connectivity index (χ1n) is 9.02. The molecule has 0 spiro atoms. The molecule has 0 radical (unpaired) electrons. The van der Waals surface area contributed by atoms with Gasteiger partial charge in [-0.2, -0.15) is 0 Å². The van der Waals surface area contributed by atoms with E-state index < -0.39 is 0 Å². The van der Waals surface area contributed by atoms with Crippen LogP contribution in [0.25, 0.3) is 0 Å². The number of nitrogens with one attached hydrogen (secondary N) is 1. The van der Waals surface area contributed by atoms with Gasteiger partial charge in [-0.25, -0.2) is 0 Å². The van der Waals surface area contributed by atoms with Gasteiger partial charge in [-0.1, -0.05) is 6.92 Å². The lowest BCUT2D eigenvalue weighted by atomic mass is 10.1. The van der Waals surface area contributed by atoms with Crippen LogP contribution in [0.2, 0.25) is 0 Å². The molecule has 24 heavy (non-hydrogen) atoms. The third kappa shape index (κ3) is 3.98. The topological polar surface area (TPSA) is 52.7 Å². The predicted octanol–water partition coefficient (Wildman–Crippen LogP) is 2.01. The quantitative estimate of drug-likeness (QED) is 0.855. The average molecular weight is 350 g/mol. The molecular weight excluding hydrogens is 322 g/mol. The molecule has 1 saturated heterocycles. The number of thiophene rings is 1. The van der Waals surface area contributed by atoms with Gasteiger partial charge >= 0.3 is 0 Å². The van der Waals surface area contributed by atoms with Gasteiger partial charge < -0.3 is 15.1 Å². The third-order valence-corrected chi connectivity index (χ3v) is 6.00. The molecular formula is C18H27N3O2S. The molecule has 0 aromatic carbocycles. The number of amides is 2. The molecule has 3 rings (SSSR count). The van der Waals surface area contributed by atoms with Gasteiger partial charge in [0.05, 0.1) is 0 Å². The Morgan fingerprint density at radius 1 is 1.42 bits per heavy atom. The fourth-order valence-electron chi connectivity index (χ4n) is 3.63. The fraction of sp³-hybridized carbons (Fsp3) is 0.667. The number of nitrogens with zero attached hydrogens (tertiary/aromatic N) is 2. The number of rotatable bonds is 6. The largest absolute Gasteiger partial charge is 0.338 e. The van der Waals surface area contributed by atoms with Gasteiger partial charge in [-0.05, 0) is 42.8 Å². The molecule has 1 aromatic heterocycles. The third-order valence-electron chi connectivity index (χ3n) is 4.97. The monoisotopic (exact) mass is 349 g/mol. The van der Waals surface area contributed by atoms with Crippen molar-refractivity contribution in [1.82, 2.24) is 15.1 Å². The number of fused-ring (bicyclic) bond motifs is 1. The molecule has 0 saturated carbocycles. The van der Waals surface area contributed by atoms with E-state index >= 15 is 0 Å². The van der Waals surface area contributed by atoms with Crippen molar-refractivity contribution in [3.8, 4) is 0 Å². The van der Waals surface area contributed by atoms with Crippen LogP contribution in [0.3, 0.4) is 0 Å². The van der Waals surface area contributed by atoms with Crippen LogP contribution >= 0.6 is 11.3 Å². The first-order valence-corrected chi connectivity index (χ1v) is 9.90. The minimum Gasteiger partial charge on any atom is -0.338 e. The van der Waals surface area contributed by atoms with Gasteiger partial charge in [0.1, 0.15) is 0 Å². The maximum atomic E-state index is 12.6. The van der Waals surface area contributed by atoms with E-state index in [9.17, 15) is 9.59 Å².